The van der Waals surface area contributed by atoms with Crippen LogP contribution >= 0.6 is 0 Å². The number of rotatable bonds is 8. The Kier molecular flexibility index (Phi) is 6.97. The molecular formula is C24H26N2O4S. The first-order valence-corrected chi connectivity index (χ1v) is 11.4. The lowest BCUT2D eigenvalue weighted by molar-refractivity contribution is 0.0951. The van der Waals surface area contributed by atoms with Gasteiger partial charge in [0.2, 0.25) is 0 Å². The molecule has 0 radical (unpaired) electrons. The zero-order valence-corrected chi connectivity index (χ0v) is 18.6. The van der Waals surface area contributed by atoms with Gasteiger partial charge < -0.3 is 10.1 Å². The largest absolute Gasteiger partial charge is 0.491 e. The molecule has 0 heterocycles. The van der Waals surface area contributed by atoms with Crippen LogP contribution in [0.4, 0.5) is 5.69 Å². The number of nitrogens with one attached hydrogen (secondary N) is 1. The molecule has 0 bridgehead atoms. The van der Waals surface area contributed by atoms with E-state index in [9.17, 15) is 13.2 Å². The number of hydrogen-bond donors (Lipinski definition) is 1. The van der Waals surface area contributed by atoms with E-state index < -0.39 is 10.0 Å². The molecule has 3 aromatic rings. The Morgan fingerprint density at radius 3 is 2.13 bits per heavy atom. The molecule has 1 amide bonds. The first-order valence-electron chi connectivity index (χ1n) is 9.95. The van der Waals surface area contributed by atoms with Gasteiger partial charge in [0.05, 0.1) is 16.7 Å². The summed E-state index contributed by atoms with van der Waals surface area (Å²) in [5.41, 5.74) is 1.88. The molecule has 0 saturated heterocycles. The molecule has 0 aliphatic carbocycles. The number of benzene rings is 3. The quantitative estimate of drug-likeness (QED) is 0.571. The minimum absolute atomic E-state index is 0.107. The second kappa shape index (κ2) is 9.66. The Hall–Kier alpha value is -3.32. The number of carbonyl (C=O) groups is 1. The first-order chi connectivity index (χ1) is 14.8. The van der Waals surface area contributed by atoms with Crippen molar-refractivity contribution in [3.8, 4) is 5.75 Å². The fraction of sp³-hybridized carbons (Fsp3) is 0.208. The molecule has 162 valence electrons. The number of amides is 1. The van der Waals surface area contributed by atoms with Gasteiger partial charge in [-0.1, -0.05) is 30.3 Å². The van der Waals surface area contributed by atoms with Crippen molar-refractivity contribution in [2.75, 3.05) is 11.4 Å². The van der Waals surface area contributed by atoms with Gasteiger partial charge in [-0.15, -0.1) is 0 Å². The summed E-state index contributed by atoms with van der Waals surface area (Å²) >= 11 is 0. The molecule has 0 spiro atoms. The van der Waals surface area contributed by atoms with E-state index in [0.717, 1.165) is 11.3 Å². The van der Waals surface area contributed by atoms with Gasteiger partial charge in [-0.05, 0) is 67.9 Å². The highest BCUT2D eigenvalue weighted by Gasteiger charge is 2.21. The van der Waals surface area contributed by atoms with Crippen LogP contribution in [0.2, 0.25) is 0 Å². The van der Waals surface area contributed by atoms with Gasteiger partial charge in [0.1, 0.15) is 5.75 Å². The van der Waals surface area contributed by atoms with E-state index in [1.165, 1.54) is 11.4 Å². The molecule has 0 saturated carbocycles. The molecule has 3 rings (SSSR count). The van der Waals surface area contributed by atoms with Crippen LogP contribution in [0.3, 0.4) is 0 Å². The average Bonchev–Trinajstić information content (AvgIpc) is 2.78. The van der Waals surface area contributed by atoms with Crippen LogP contribution in [-0.2, 0) is 16.6 Å². The van der Waals surface area contributed by atoms with Gasteiger partial charge in [0, 0.05) is 19.2 Å². The predicted molar refractivity (Wildman–Crippen MR) is 122 cm³/mol. The smallest absolute Gasteiger partial charge is 0.264 e. The number of carbonyl (C=O) groups excluding carboxylic acids is 1. The Bertz CT molecular complexity index is 1110. The second-order valence-corrected chi connectivity index (χ2v) is 9.29. The molecule has 31 heavy (non-hydrogen) atoms. The summed E-state index contributed by atoms with van der Waals surface area (Å²) in [4.78, 5) is 12.7. The first kappa shape index (κ1) is 22.4. The van der Waals surface area contributed by atoms with Gasteiger partial charge in [0.25, 0.3) is 15.9 Å². The molecule has 0 aliphatic rings. The standard InChI is InChI=1S/C24H26N2O4S/c1-18(2)30-22-15-9-19(10-16-22)17-25-24(27)20-11-13-21(14-12-20)26(3)31(28,29)23-7-5-4-6-8-23/h4-16,18H,17H2,1-3H3,(H,25,27). The Labute approximate surface area is 183 Å². The van der Waals surface area contributed by atoms with Gasteiger partial charge in [-0.25, -0.2) is 8.42 Å². The third kappa shape index (κ3) is 5.64. The maximum Gasteiger partial charge on any atom is 0.264 e. The van der Waals surface area contributed by atoms with E-state index in [2.05, 4.69) is 5.32 Å². The maximum absolute atomic E-state index is 12.7. The van der Waals surface area contributed by atoms with Crippen molar-refractivity contribution >= 4 is 21.6 Å². The number of ether oxygens (including phenoxy) is 1. The highest BCUT2D eigenvalue weighted by Crippen LogP contribution is 2.22. The highest BCUT2D eigenvalue weighted by molar-refractivity contribution is 7.92. The zero-order chi connectivity index (χ0) is 22.4. The average molecular weight is 439 g/mol. The zero-order valence-electron chi connectivity index (χ0n) is 17.8. The summed E-state index contributed by atoms with van der Waals surface area (Å²) < 4.78 is 32.3. The van der Waals surface area contributed by atoms with Crippen LogP contribution in [0.25, 0.3) is 0 Å². The van der Waals surface area contributed by atoms with Crippen molar-refractivity contribution in [3.63, 3.8) is 0 Å². The molecule has 0 unspecified atom stereocenters. The molecule has 0 aromatic heterocycles. The summed E-state index contributed by atoms with van der Waals surface area (Å²) in [7, 11) is -2.17. The van der Waals surface area contributed by atoms with E-state index in [1.807, 2.05) is 38.1 Å². The third-order valence-electron chi connectivity index (χ3n) is 4.64. The topological polar surface area (TPSA) is 75.7 Å². The van der Waals surface area contributed by atoms with Crippen molar-refractivity contribution in [1.82, 2.24) is 5.32 Å². The second-order valence-electron chi connectivity index (χ2n) is 7.33. The van der Waals surface area contributed by atoms with Crippen LogP contribution < -0.4 is 14.4 Å². The number of sulfonamides is 1. The van der Waals surface area contributed by atoms with Gasteiger partial charge in [-0.3, -0.25) is 9.10 Å². The molecule has 0 aliphatic heterocycles. The lowest BCUT2D eigenvalue weighted by Gasteiger charge is -2.19. The van der Waals surface area contributed by atoms with Crippen LogP contribution in [0.1, 0.15) is 29.8 Å². The van der Waals surface area contributed by atoms with Crippen molar-refractivity contribution in [2.24, 2.45) is 0 Å². The lowest BCUT2D eigenvalue weighted by Crippen LogP contribution is -2.27. The normalized spacial score (nSPS) is 11.2. The molecule has 6 nitrogen and oxygen atoms in total. The van der Waals surface area contributed by atoms with Crippen LogP contribution in [0.15, 0.2) is 83.8 Å². The van der Waals surface area contributed by atoms with Crippen LogP contribution in [0, 0.1) is 0 Å². The summed E-state index contributed by atoms with van der Waals surface area (Å²) in [6, 6.07) is 22.2. The van der Waals surface area contributed by atoms with Crippen molar-refractivity contribution in [1.29, 1.82) is 0 Å². The Morgan fingerprint density at radius 1 is 0.935 bits per heavy atom. The minimum Gasteiger partial charge on any atom is -0.491 e. The fourth-order valence-electron chi connectivity index (χ4n) is 2.95. The number of anilines is 1. The minimum atomic E-state index is -3.66. The predicted octanol–water partition coefficient (Wildman–Crippen LogP) is 4.23. The fourth-order valence-corrected chi connectivity index (χ4v) is 4.17. The number of hydrogen-bond acceptors (Lipinski definition) is 4. The van der Waals surface area contributed by atoms with Crippen molar-refractivity contribution in [2.45, 2.75) is 31.4 Å². The van der Waals surface area contributed by atoms with Crippen LogP contribution in [0.5, 0.6) is 5.75 Å². The third-order valence-corrected chi connectivity index (χ3v) is 6.44. The monoisotopic (exact) mass is 438 g/mol. The van der Waals surface area contributed by atoms with Crippen LogP contribution in [-0.4, -0.2) is 27.5 Å². The van der Waals surface area contributed by atoms with Gasteiger partial charge >= 0.3 is 0 Å². The van der Waals surface area contributed by atoms with Crippen molar-refractivity contribution in [3.05, 3.63) is 90.0 Å². The Morgan fingerprint density at radius 2 is 1.55 bits per heavy atom. The molecule has 0 atom stereocenters. The Balaban J connectivity index is 1.62. The molecule has 7 heteroatoms. The van der Waals surface area contributed by atoms with E-state index in [1.54, 1.807) is 54.6 Å². The SMILES string of the molecule is CC(C)Oc1ccc(CNC(=O)c2ccc(N(C)S(=O)(=O)c3ccccc3)cc2)cc1. The molecule has 1 N–H and O–H groups in total. The van der Waals surface area contributed by atoms with E-state index >= 15 is 0 Å². The summed E-state index contributed by atoms with van der Waals surface area (Å²) in [6.07, 6.45) is 0.107. The summed E-state index contributed by atoms with van der Waals surface area (Å²) in [5.74, 6) is 0.554. The maximum atomic E-state index is 12.7. The summed E-state index contributed by atoms with van der Waals surface area (Å²) in [6.45, 7) is 4.31. The van der Waals surface area contributed by atoms with Crippen molar-refractivity contribution < 1.29 is 17.9 Å². The molecular weight excluding hydrogens is 412 g/mol. The lowest BCUT2D eigenvalue weighted by atomic mass is 10.1. The van der Waals surface area contributed by atoms with Gasteiger partial charge in [-0.2, -0.15) is 0 Å². The molecule has 3 aromatic carbocycles. The number of nitrogens with zero attached hydrogens (tertiary/aromatic N) is 1. The highest BCUT2D eigenvalue weighted by atomic mass is 32.2. The van der Waals surface area contributed by atoms with E-state index in [-0.39, 0.29) is 16.9 Å². The van der Waals surface area contributed by atoms with E-state index in [0.29, 0.717) is 17.8 Å². The molecule has 0 fully saturated rings. The van der Waals surface area contributed by atoms with E-state index in [4.69, 9.17) is 4.74 Å². The summed E-state index contributed by atoms with van der Waals surface area (Å²) in [5, 5.41) is 2.87. The van der Waals surface area contributed by atoms with Gasteiger partial charge in [0.15, 0.2) is 0 Å².